The van der Waals surface area contributed by atoms with Crippen molar-refractivity contribution in [2.24, 2.45) is 0 Å². The lowest BCUT2D eigenvalue weighted by Crippen LogP contribution is -1.80. The van der Waals surface area contributed by atoms with E-state index < -0.39 is 0 Å². The topological polar surface area (TPSA) is 69.2 Å². The molecular formula is C5H4N2O2S. The first kappa shape index (κ1) is 6.83. The highest BCUT2D eigenvalue weighted by atomic mass is 32.2. The molecule has 10 heavy (non-hydrogen) atoms. The molecule has 1 aromatic rings. The molecule has 4 nitrogen and oxygen atoms in total. The van der Waals surface area contributed by atoms with Crippen molar-refractivity contribution < 1.29 is 10.2 Å². The predicted octanol–water partition coefficient (Wildman–Crippen LogP) is 0.877. The van der Waals surface area contributed by atoms with Crippen LogP contribution in [-0.2, 0) is 0 Å². The van der Waals surface area contributed by atoms with Gasteiger partial charge in [-0.15, -0.1) is 0 Å². The molecule has 52 valence electrons. The summed E-state index contributed by atoms with van der Waals surface area (Å²) in [6, 6.07) is 2.61. The molecule has 1 aromatic heterocycles. The first-order valence-electron chi connectivity index (χ1n) is 2.42. The van der Waals surface area contributed by atoms with Crippen LogP contribution in [0.5, 0.6) is 11.8 Å². The van der Waals surface area contributed by atoms with E-state index in [0.717, 1.165) is 3.97 Å². The molecule has 0 aromatic carbocycles. The van der Waals surface area contributed by atoms with Crippen LogP contribution in [-0.4, -0.2) is 14.2 Å². The number of nitrogens with zero attached hydrogens (tertiary/aromatic N) is 2. The van der Waals surface area contributed by atoms with Gasteiger partial charge in [0.1, 0.15) is 0 Å². The summed E-state index contributed by atoms with van der Waals surface area (Å²) in [5.41, 5.74) is 0. The minimum atomic E-state index is -0.135. The summed E-state index contributed by atoms with van der Waals surface area (Å²) in [6.07, 6.45) is 0. The standard InChI is InChI=1S/C5H4N2O2S/c6-3-10-7-4(8)1-2-5(7)9/h1-2,8-9H. The largest absolute Gasteiger partial charge is 0.494 e. The van der Waals surface area contributed by atoms with Gasteiger partial charge < -0.3 is 10.2 Å². The second-order valence-electron chi connectivity index (χ2n) is 1.53. The fourth-order valence-corrected chi connectivity index (χ4v) is 0.927. The average Bonchev–Trinajstić information content (AvgIpc) is 2.20. The fraction of sp³-hybridized carbons (Fsp3) is 0. The van der Waals surface area contributed by atoms with E-state index in [1.807, 2.05) is 0 Å². The molecule has 2 N–H and O–H groups in total. The first-order chi connectivity index (χ1) is 4.75. The molecule has 0 bridgehead atoms. The first-order valence-corrected chi connectivity index (χ1v) is 3.19. The van der Waals surface area contributed by atoms with E-state index in [0.29, 0.717) is 11.9 Å². The highest BCUT2D eigenvalue weighted by Crippen LogP contribution is 2.26. The minimum Gasteiger partial charge on any atom is -0.494 e. The van der Waals surface area contributed by atoms with E-state index in [1.165, 1.54) is 12.1 Å². The maximum Gasteiger partial charge on any atom is 0.205 e. The molecule has 0 atom stereocenters. The van der Waals surface area contributed by atoms with Crippen molar-refractivity contribution >= 4 is 11.9 Å². The molecule has 0 amide bonds. The van der Waals surface area contributed by atoms with Gasteiger partial charge in [-0.05, 0) is 0 Å². The van der Waals surface area contributed by atoms with Gasteiger partial charge in [-0.3, -0.25) is 0 Å². The summed E-state index contributed by atoms with van der Waals surface area (Å²) in [5, 5.41) is 27.7. The average molecular weight is 156 g/mol. The van der Waals surface area contributed by atoms with E-state index in [-0.39, 0.29) is 11.8 Å². The van der Waals surface area contributed by atoms with Gasteiger partial charge in [0, 0.05) is 12.1 Å². The van der Waals surface area contributed by atoms with Crippen molar-refractivity contribution in [1.29, 1.82) is 5.26 Å². The van der Waals surface area contributed by atoms with E-state index in [1.54, 1.807) is 5.40 Å². The predicted molar refractivity (Wildman–Crippen MR) is 36.4 cm³/mol. The third-order valence-corrected chi connectivity index (χ3v) is 1.57. The second-order valence-corrected chi connectivity index (χ2v) is 2.26. The number of aromatic hydroxyl groups is 2. The van der Waals surface area contributed by atoms with Crippen molar-refractivity contribution in [1.82, 2.24) is 3.97 Å². The summed E-state index contributed by atoms with van der Waals surface area (Å²) in [5.74, 6) is -0.270. The van der Waals surface area contributed by atoms with Crippen LogP contribution in [0.25, 0.3) is 0 Å². The lowest BCUT2D eigenvalue weighted by Gasteiger charge is -1.95. The van der Waals surface area contributed by atoms with Gasteiger partial charge in [0.15, 0.2) is 5.40 Å². The van der Waals surface area contributed by atoms with Crippen LogP contribution in [0.2, 0.25) is 0 Å². The van der Waals surface area contributed by atoms with Crippen LogP contribution in [0, 0.1) is 10.7 Å². The molecule has 0 unspecified atom stereocenters. The van der Waals surface area contributed by atoms with Crippen LogP contribution < -0.4 is 0 Å². The SMILES string of the molecule is N#CSn1c(O)ccc1O. The molecular weight excluding hydrogens is 152 g/mol. The van der Waals surface area contributed by atoms with Gasteiger partial charge in [-0.25, -0.2) is 3.97 Å². The zero-order valence-electron chi connectivity index (χ0n) is 4.85. The summed E-state index contributed by atoms with van der Waals surface area (Å²) in [7, 11) is 0. The Balaban J connectivity index is 3.01. The quantitative estimate of drug-likeness (QED) is 0.592. The van der Waals surface area contributed by atoms with Crippen LogP contribution in [0.15, 0.2) is 12.1 Å². The lowest BCUT2D eigenvalue weighted by molar-refractivity contribution is 0.416. The molecule has 1 rings (SSSR count). The molecule has 0 saturated heterocycles. The van der Waals surface area contributed by atoms with Crippen LogP contribution in [0.3, 0.4) is 0 Å². The minimum absolute atomic E-state index is 0.135. The van der Waals surface area contributed by atoms with Crippen LogP contribution in [0.4, 0.5) is 0 Å². The lowest BCUT2D eigenvalue weighted by atomic mass is 10.6. The van der Waals surface area contributed by atoms with E-state index in [9.17, 15) is 0 Å². The number of thiocyanates is 1. The molecule has 0 aliphatic carbocycles. The zero-order chi connectivity index (χ0) is 7.56. The number of rotatable bonds is 1. The van der Waals surface area contributed by atoms with Gasteiger partial charge in [0.2, 0.25) is 11.8 Å². The normalized spacial score (nSPS) is 9.10. The third kappa shape index (κ3) is 1.01. The van der Waals surface area contributed by atoms with Crippen molar-refractivity contribution in [3.05, 3.63) is 12.1 Å². The van der Waals surface area contributed by atoms with E-state index >= 15 is 0 Å². The number of hydrogen-bond acceptors (Lipinski definition) is 4. The molecule has 0 aliphatic rings. The van der Waals surface area contributed by atoms with Crippen LogP contribution >= 0.6 is 11.9 Å². The van der Waals surface area contributed by atoms with Crippen molar-refractivity contribution in [2.45, 2.75) is 0 Å². The van der Waals surface area contributed by atoms with Gasteiger partial charge in [-0.1, -0.05) is 0 Å². The molecule has 5 heteroatoms. The van der Waals surface area contributed by atoms with Gasteiger partial charge in [0.05, 0.1) is 11.9 Å². The second kappa shape index (κ2) is 2.54. The van der Waals surface area contributed by atoms with Crippen molar-refractivity contribution in [3.8, 4) is 17.2 Å². The Bertz CT molecular complexity index is 256. The monoisotopic (exact) mass is 156 g/mol. The molecule has 0 fully saturated rings. The van der Waals surface area contributed by atoms with Crippen molar-refractivity contribution in [2.75, 3.05) is 0 Å². The Morgan fingerprint density at radius 1 is 1.40 bits per heavy atom. The molecule has 0 spiro atoms. The molecule has 1 heterocycles. The Labute approximate surface area is 61.5 Å². The summed E-state index contributed by atoms with van der Waals surface area (Å²) in [4.78, 5) is 0. The van der Waals surface area contributed by atoms with Crippen LogP contribution in [0.1, 0.15) is 0 Å². The maximum absolute atomic E-state index is 8.89. The maximum atomic E-state index is 8.89. The summed E-state index contributed by atoms with van der Waals surface area (Å²) in [6.45, 7) is 0. The number of aromatic nitrogens is 1. The van der Waals surface area contributed by atoms with Gasteiger partial charge in [0.25, 0.3) is 0 Å². The van der Waals surface area contributed by atoms with Crippen molar-refractivity contribution in [3.63, 3.8) is 0 Å². The fourth-order valence-electron chi connectivity index (χ4n) is 0.536. The highest BCUT2D eigenvalue weighted by molar-refractivity contribution is 8.02. The summed E-state index contributed by atoms with van der Waals surface area (Å²) >= 11 is 0.657. The molecule has 0 radical (unpaired) electrons. The Morgan fingerprint density at radius 2 is 1.90 bits per heavy atom. The number of hydrogen-bond donors (Lipinski definition) is 2. The number of nitriles is 1. The van der Waals surface area contributed by atoms with E-state index in [4.69, 9.17) is 15.5 Å². The smallest absolute Gasteiger partial charge is 0.205 e. The van der Waals surface area contributed by atoms with Gasteiger partial charge >= 0.3 is 0 Å². The van der Waals surface area contributed by atoms with E-state index in [2.05, 4.69) is 0 Å². The van der Waals surface area contributed by atoms with Gasteiger partial charge in [-0.2, -0.15) is 5.26 Å². The zero-order valence-corrected chi connectivity index (χ0v) is 5.67. The summed E-state index contributed by atoms with van der Waals surface area (Å²) < 4.78 is 1.01. The third-order valence-electron chi connectivity index (χ3n) is 0.930. The highest BCUT2D eigenvalue weighted by Gasteiger charge is 2.04. The Morgan fingerprint density at radius 3 is 2.30 bits per heavy atom. The molecule has 0 saturated carbocycles. The Kier molecular flexibility index (Phi) is 1.73. The Hall–Kier alpha value is -1.28. The molecule has 0 aliphatic heterocycles.